The van der Waals surface area contributed by atoms with E-state index in [-0.39, 0.29) is 23.5 Å². The number of aromatic nitrogens is 2. The lowest BCUT2D eigenvalue weighted by Gasteiger charge is -2.21. The fourth-order valence-electron chi connectivity index (χ4n) is 1.66. The second-order valence-electron chi connectivity index (χ2n) is 3.37. The molecule has 1 aromatic rings. The summed E-state index contributed by atoms with van der Waals surface area (Å²) in [6.45, 7) is 1.87. The van der Waals surface area contributed by atoms with E-state index in [1.807, 2.05) is 6.92 Å². The average Bonchev–Trinajstić information content (AvgIpc) is 1.99. The maximum Gasteiger partial charge on any atom is 0.348 e. The lowest BCUT2D eigenvalue weighted by Crippen LogP contribution is -2.28. The molecule has 4 N–H and O–H groups in total. The Bertz CT molecular complexity index is 451. The van der Waals surface area contributed by atoms with Gasteiger partial charge in [0.15, 0.2) is 0 Å². The molecule has 0 fully saturated rings. The summed E-state index contributed by atoms with van der Waals surface area (Å²) in [4.78, 5) is 28.2. The Hall–Kier alpha value is -1.85. The lowest BCUT2D eigenvalue weighted by atomic mass is 9.95. The van der Waals surface area contributed by atoms with Crippen LogP contribution < -0.4 is 16.7 Å². The van der Waals surface area contributed by atoms with Crippen LogP contribution in [0.4, 0.5) is 11.6 Å². The third kappa shape index (κ3) is 1.24. The molecule has 2 rings (SSSR count). The van der Waals surface area contributed by atoms with Gasteiger partial charge in [-0.3, -0.25) is 9.78 Å². The first-order valence-electron chi connectivity index (χ1n) is 4.27. The van der Waals surface area contributed by atoms with Gasteiger partial charge in [0.2, 0.25) is 5.91 Å². The molecule has 6 heteroatoms. The van der Waals surface area contributed by atoms with E-state index in [4.69, 9.17) is 5.73 Å². The Kier molecular flexibility index (Phi) is 1.77. The number of carbonyl (C=O) groups is 1. The smallest absolute Gasteiger partial charge is 0.348 e. The average molecular weight is 194 g/mol. The number of fused-ring (bicyclic) bond motifs is 1. The predicted octanol–water partition coefficient (Wildman–Crippen LogP) is -0.202. The van der Waals surface area contributed by atoms with Crippen molar-refractivity contribution < 1.29 is 4.79 Å². The number of carbonyl (C=O) groups excluding carboxylic acids is 1. The van der Waals surface area contributed by atoms with Crippen molar-refractivity contribution in [2.24, 2.45) is 0 Å². The topological polar surface area (TPSA) is 101 Å². The number of hydrogen-bond donors (Lipinski definition) is 3. The molecule has 1 aromatic heterocycles. The lowest BCUT2D eigenvalue weighted by molar-refractivity contribution is -0.116. The second-order valence-corrected chi connectivity index (χ2v) is 3.37. The molecule has 0 saturated heterocycles. The van der Waals surface area contributed by atoms with E-state index >= 15 is 0 Å². The number of nitrogens with one attached hydrogen (secondary N) is 2. The molecule has 0 radical (unpaired) electrons. The number of nitrogens with zero attached hydrogens (tertiary/aromatic N) is 1. The second kappa shape index (κ2) is 2.83. The number of H-pyrrole nitrogens is 1. The maximum absolute atomic E-state index is 11.2. The number of nitrogens with two attached hydrogens (primary N) is 1. The summed E-state index contributed by atoms with van der Waals surface area (Å²) in [6, 6.07) is 0. The molecule has 1 aliphatic heterocycles. The van der Waals surface area contributed by atoms with Crippen molar-refractivity contribution in [3.05, 3.63) is 16.0 Å². The molecule has 1 unspecified atom stereocenters. The Labute approximate surface area is 79.5 Å². The Morgan fingerprint density at radius 2 is 2.21 bits per heavy atom. The first-order chi connectivity index (χ1) is 6.58. The zero-order chi connectivity index (χ0) is 10.3. The first-order valence-corrected chi connectivity index (χ1v) is 4.27. The van der Waals surface area contributed by atoms with Crippen LogP contribution in [0.2, 0.25) is 0 Å². The Morgan fingerprint density at radius 1 is 1.50 bits per heavy atom. The summed E-state index contributed by atoms with van der Waals surface area (Å²) in [5.41, 5.74) is 5.80. The molecule has 2 heterocycles. The molecule has 0 spiro atoms. The van der Waals surface area contributed by atoms with E-state index in [0.717, 1.165) is 0 Å². The number of nitrogen functional groups attached to an aromatic ring is 1. The van der Waals surface area contributed by atoms with Crippen molar-refractivity contribution >= 4 is 17.5 Å². The van der Waals surface area contributed by atoms with Crippen molar-refractivity contribution in [1.29, 1.82) is 0 Å². The van der Waals surface area contributed by atoms with Gasteiger partial charge in [-0.2, -0.15) is 4.98 Å². The van der Waals surface area contributed by atoms with Gasteiger partial charge in [-0.1, -0.05) is 6.92 Å². The van der Waals surface area contributed by atoms with Crippen LogP contribution in [0.15, 0.2) is 4.79 Å². The predicted molar refractivity (Wildman–Crippen MR) is 50.9 cm³/mol. The van der Waals surface area contributed by atoms with Gasteiger partial charge in [0.1, 0.15) is 11.6 Å². The molecule has 0 aliphatic carbocycles. The zero-order valence-electron chi connectivity index (χ0n) is 7.63. The summed E-state index contributed by atoms with van der Waals surface area (Å²) >= 11 is 0. The number of rotatable bonds is 0. The van der Waals surface area contributed by atoms with E-state index in [2.05, 4.69) is 15.3 Å². The summed E-state index contributed by atoms with van der Waals surface area (Å²) in [5, 5.41) is 2.52. The fourth-order valence-corrected chi connectivity index (χ4v) is 1.66. The molecule has 6 nitrogen and oxygen atoms in total. The molecule has 0 aromatic carbocycles. The van der Waals surface area contributed by atoms with Crippen molar-refractivity contribution in [3.63, 3.8) is 0 Å². The highest BCUT2D eigenvalue weighted by molar-refractivity contribution is 5.94. The van der Waals surface area contributed by atoms with Gasteiger partial charge in [-0.05, 0) is 5.92 Å². The normalized spacial score (nSPS) is 20.1. The molecule has 1 aliphatic rings. The number of anilines is 2. The Morgan fingerprint density at radius 3 is 2.93 bits per heavy atom. The number of aromatic amines is 1. The van der Waals surface area contributed by atoms with E-state index in [9.17, 15) is 9.59 Å². The Balaban J connectivity index is 2.64. The molecule has 0 saturated carbocycles. The van der Waals surface area contributed by atoms with Crippen molar-refractivity contribution in [2.75, 3.05) is 11.1 Å². The van der Waals surface area contributed by atoms with Gasteiger partial charge < -0.3 is 11.1 Å². The van der Waals surface area contributed by atoms with Gasteiger partial charge in [0.25, 0.3) is 0 Å². The van der Waals surface area contributed by atoms with Crippen molar-refractivity contribution in [3.8, 4) is 0 Å². The fraction of sp³-hybridized carbons (Fsp3) is 0.375. The third-order valence-corrected chi connectivity index (χ3v) is 2.24. The summed E-state index contributed by atoms with van der Waals surface area (Å²) in [7, 11) is 0. The highest BCUT2D eigenvalue weighted by Gasteiger charge is 2.25. The first kappa shape index (κ1) is 8.74. The third-order valence-electron chi connectivity index (χ3n) is 2.24. The van der Waals surface area contributed by atoms with Crippen LogP contribution in [-0.4, -0.2) is 15.9 Å². The van der Waals surface area contributed by atoms with Crippen LogP contribution in [0.1, 0.15) is 24.8 Å². The van der Waals surface area contributed by atoms with E-state index in [1.54, 1.807) is 0 Å². The van der Waals surface area contributed by atoms with Crippen LogP contribution in [-0.2, 0) is 4.79 Å². The quantitative estimate of drug-likeness (QED) is 0.532. The molecule has 1 atom stereocenters. The van der Waals surface area contributed by atoms with E-state index < -0.39 is 5.69 Å². The minimum Gasteiger partial charge on any atom is -0.385 e. The SMILES string of the molecule is CC1CC(=O)Nc2nc(=O)[nH]c(N)c21. The molecule has 14 heavy (non-hydrogen) atoms. The van der Waals surface area contributed by atoms with Crippen molar-refractivity contribution in [2.45, 2.75) is 19.3 Å². The molecular weight excluding hydrogens is 184 g/mol. The zero-order valence-corrected chi connectivity index (χ0v) is 7.63. The van der Waals surface area contributed by atoms with Gasteiger partial charge in [0, 0.05) is 12.0 Å². The van der Waals surface area contributed by atoms with E-state index in [1.165, 1.54) is 0 Å². The molecule has 74 valence electrons. The minimum absolute atomic E-state index is 0.0110. The summed E-state index contributed by atoms with van der Waals surface area (Å²) in [5.74, 6) is 0.424. The largest absolute Gasteiger partial charge is 0.385 e. The van der Waals surface area contributed by atoms with Gasteiger partial charge >= 0.3 is 5.69 Å². The highest BCUT2D eigenvalue weighted by atomic mass is 16.2. The summed E-state index contributed by atoms with van der Waals surface area (Å²) < 4.78 is 0. The van der Waals surface area contributed by atoms with Crippen LogP contribution >= 0.6 is 0 Å². The van der Waals surface area contributed by atoms with Gasteiger partial charge in [-0.15, -0.1) is 0 Å². The van der Waals surface area contributed by atoms with Crippen LogP contribution in [0.25, 0.3) is 0 Å². The monoisotopic (exact) mass is 194 g/mol. The molecular formula is C8H10N4O2. The van der Waals surface area contributed by atoms with E-state index in [0.29, 0.717) is 12.0 Å². The highest BCUT2D eigenvalue weighted by Crippen LogP contribution is 2.32. The summed E-state index contributed by atoms with van der Waals surface area (Å²) in [6.07, 6.45) is 0.366. The molecule has 1 amide bonds. The maximum atomic E-state index is 11.2. The standard InChI is InChI=1S/C8H10N4O2/c1-3-2-4(13)10-7-5(3)6(9)11-8(14)12-7/h3H,2H2,1H3,(H4,9,10,11,12,13,14). The molecule has 0 bridgehead atoms. The van der Waals surface area contributed by atoms with Crippen LogP contribution in [0, 0.1) is 0 Å². The number of hydrogen-bond acceptors (Lipinski definition) is 4. The van der Waals surface area contributed by atoms with Crippen LogP contribution in [0.5, 0.6) is 0 Å². The minimum atomic E-state index is -0.546. The van der Waals surface area contributed by atoms with Crippen LogP contribution in [0.3, 0.4) is 0 Å². The van der Waals surface area contributed by atoms with Gasteiger partial charge in [-0.25, -0.2) is 4.79 Å². The van der Waals surface area contributed by atoms with Crippen molar-refractivity contribution in [1.82, 2.24) is 9.97 Å². The number of amides is 1. The van der Waals surface area contributed by atoms with Gasteiger partial charge in [0.05, 0.1) is 0 Å².